The van der Waals surface area contributed by atoms with Crippen molar-refractivity contribution < 1.29 is 14.7 Å². The van der Waals surface area contributed by atoms with Crippen LogP contribution in [-0.4, -0.2) is 32.9 Å². The molecule has 1 aromatic carbocycles. The van der Waals surface area contributed by atoms with Crippen molar-refractivity contribution in [3.05, 3.63) is 34.3 Å². The fourth-order valence-corrected chi connectivity index (χ4v) is 3.10. The molecule has 0 spiro atoms. The number of thioether (sulfide) groups is 1. The average Bonchev–Trinajstić information content (AvgIpc) is 2.87. The van der Waals surface area contributed by atoms with Gasteiger partial charge in [0, 0.05) is 10.6 Å². The number of carbonyl (C=O) groups excluding carboxylic acids is 1. The number of hydrogen-bond acceptors (Lipinski definition) is 6. The monoisotopic (exact) mass is 343 g/mol. The van der Waals surface area contributed by atoms with Gasteiger partial charge in [-0.1, -0.05) is 40.8 Å². The quantitative estimate of drug-likeness (QED) is 0.640. The predicted octanol–water partition coefficient (Wildman–Crippen LogP) is 2.93. The van der Waals surface area contributed by atoms with Crippen LogP contribution in [0.15, 0.2) is 22.5 Å². The van der Waals surface area contributed by atoms with Gasteiger partial charge in [-0.3, -0.25) is 14.9 Å². The van der Waals surface area contributed by atoms with Crippen LogP contribution in [0, 0.1) is 6.92 Å². The SMILES string of the molecule is Cc1c(Cl)cccc1C(=O)Nc1nnc(SCC(=O)O)s1. The minimum Gasteiger partial charge on any atom is -0.481 e. The summed E-state index contributed by atoms with van der Waals surface area (Å²) in [5, 5.41) is 19.6. The lowest BCUT2D eigenvalue weighted by atomic mass is 10.1. The number of amides is 1. The van der Waals surface area contributed by atoms with Crippen molar-refractivity contribution in [2.45, 2.75) is 11.3 Å². The van der Waals surface area contributed by atoms with Crippen molar-refractivity contribution in [2.75, 3.05) is 11.1 Å². The third-order valence-corrected chi connectivity index (χ3v) is 4.82. The predicted molar refractivity (Wildman–Crippen MR) is 82.4 cm³/mol. The zero-order valence-electron chi connectivity index (χ0n) is 10.8. The Balaban J connectivity index is 2.06. The van der Waals surface area contributed by atoms with Crippen molar-refractivity contribution in [1.29, 1.82) is 0 Å². The van der Waals surface area contributed by atoms with Gasteiger partial charge in [-0.25, -0.2) is 0 Å². The van der Waals surface area contributed by atoms with Crippen LogP contribution < -0.4 is 5.32 Å². The summed E-state index contributed by atoms with van der Waals surface area (Å²) in [5.41, 5.74) is 1.14. The molecule has 0 unspecified atom stereocenters. The van der Waals surface area contributed by atoms with Gasteiger partial charge in [0.2, 0.25) is 5.13 Å². The Morgan fingerprint density at radius 2 is 2.19 bits per heavy atom. The van der Waals surface area contributed by atoms with E-state index in [4.69, 9.17) is 16.7 Å². The molecule has 1 amide bonds. The molecule has 0 bridgehead atoms. The molecule has 0 aliphatic heterocycles. The summed E-state index contributed by atoms with van der Waals surface area (Å²) < 4.78 is 0.482. The number of nitrogens with zero attached hydrogens (tertiary/aromatic N) is 2. The molecule has 0 saturated heterocycles. The van der Waals surface area contributed by atoms with Crippen LogP contribution in [0.5, 0.6) is 0 Å². The summed E-state index contributed by atoms with van der Waals surface area (Å²) in [4.78, 5) is 22.6. The number of carbonyl (C=O) groups is 2. The second kappa shape index (κ2) is 6.88. The molecular weight excluding hydrogens is 334 g/mol. The summed E-state index contributed by atoms with van der Waals surface area (Å²) in [6.45, 7) is 1.76. The molecule has 110 valence electrons. The van der Waals surface area contributed by atoms with Gasteiger partial charge >= 0.3 is 5.97 Å². The Morgan fingerprint density at radius 1 is 1.43 bits per heavy atom. The minimum atomic E-state index is -0.935. The summed E-state index contributed by atoms with van der Waals surface area (Å²) in [6, 6.07) is 5.06. The van der Waals surface area contributed by atoms with Crippen LogP contribution >= 0.6 is 34.7 Å². The number of nitrogens with one attached hydrogen (secondary N) is 1. The number of halogens is 1. The lowest BCUT2D eigenvalue weighted by Gasteiger charge is -2.06. The van der Waals surface area contributed by atoms with Gasteiger partial charge in [-0.2, -0.15) is 0 Å². The smallest absolute Gasteiger partial charge is 0.313 e. The Bertz CT molecular complexity index is 690. The number of anilines is 1. The highest BCUT2D eigenvalue weighted by molar-refractivity contribution is 8.01. The van der Waals surface area contributed by atoms with Gasteiger partial charge in [0.25, 0.3) is 5.91 Å². The first-order valence-electron chi connectivity index (χ1n) is 5.72. The van der Waals surface area contributed by atoms with Gasteiger partial charge in [-0.05, 0) is 24.6 Å². The van der Waals surface area contributed by atoms with Crippen molar-refractivity contribution in [3.63, 3.8) is 0 Å². The van der Waals surface area contributed by atoms with Gasteiger partial charge in [0.1, 0.15) is 0 Å². The molecular formula is C12H10ClN3O3S2. The van der Waals surface area contributed by atoms with E-state index in [9.17, 15) is 9.59 Å². The van der Waals surface area contributed by atoms with E-state index in [1.807, 2.05) is 0 Å². The van der Waals surface area contributed by atoms with Crippen LogP contribution in [-0.2, 0) is 4.79 Å². The number of aromatic nitrogens is 2. The summed E-state index contributed by atoms with van der Waals surface area (Å²) in [6.07, 6.45) is 0. The van der Waals surface area contributed by atoms with Gasteiger partial charge in [0.05, 0.1) is 5.75 Å². The normalized spacial score (nSPS) is 10.4. The highest BCUT2D eigenvalue weighted by Gasteiger charge is 2.14. The molecule has 0 aliphatic carbocycles. The van der Waals surface area contributed by atoms with E-state index in [-0.39, 0.29) is 11.7 Å². The maximum atomic E-state index is 12.1. The Hall–Kier alpha value is -1.64. The van der Waals surface area contributed by atoms with E-state index < -0.39 is 5.97 Å². The number of carboxylic acids is 1. The second-order valence-electron chi connectivity index (χ2n) is 3.92. The Morgan fingerprint density at radius 3 is 2.90 bits per heavy atom. The number of rotatable bonds is 5. The Labute approximate surface area is 133 Å². The fourth-order valence-electron chi connectivity index (χ4n) is 1.46. The van der Waals surface area contributed by atoms with Crippen LogP contribution in [0.2, 0.25) is 5.02 Å². The molecule has 2 rings (SSSR count). The molecule has 2 aromatic rings. The van der Waals surface area contributed by atoms with Gasteiger partial charge < -0.3 is 5.11 Å². The van der Waals surface area contributed by atoms with E-state index in [1.54, 1.807) is 25.1 Å². The molecule has 6 nitrogen and oxygen atoms in total. The maximum Gasteiger partial charge on any atom is 0.313 e. The maximum absolute atomic E-state index is 12.1. The van der Waals surface area contributed by atoms with Crippen LogP contribution in [0.4, 0.5) is 5.13 Å². The van der Waals surface area contributed by atoms with Gasteiger partial charge in [-0.15, -0.1) is 10.2 Å². The second-order valence-corrected chi connectivity index (χ2v) is 6.53. The Kier molecular flexibility index (Phi) is 5.16. The fraction of sp³-hybridized carbons (Fsp3) is 0.167. The number of hydrogen-bond donors (Lipinski definition) is 2. The molecule has 2 N–H and O–H groups in total. The van der Waals surface area contributed by atoms with Crippen LogP contribution in [0.1, 0.15) is 15.9 Å². The molecule has 0 atom stereocenters. The molecule has 0 aliphatic rings. The lowest BCUT2D eigenvalue weighted by molar-refractivity contribution is -0.133. The minimum absolute atomic E-state index is 0.101. The number of aliphatic carboxylic acids is 1. The van der Waals surface area contributed by atoms with Gasteiger partial charge in [0.15, 0.2) is 4.34 Å². The first-order valence-corrected chi connectivity index (χ1v) is 7.90. The molecule has 0 saturated carbocycles. The van der Waals surface area contributed by atoms with E-state index in [1.165, 1.54) is 0 Å². The number of benzene rings is 1. The van der Waals surface area contributed by atoms with Crippen LogP contribution in [0.25, 0.3) is 0 Å². The molecule has 21 heavy (non-hydrogen) atoms. The van der Waals surface area contributed by atoms with Crippen molar-refractivity contribution in [1.82, 2.24) is 10.2 Å². The topological polar surface area (TPSA) is 92.2 Å². The van der Waals surface area contributed by atoms with E-state index in [0.717, 1.165) is 23.1 Å². The lowest BCUT2D eigenvalue weighted by Crippen LogP contribution is -2.13. The standard InChI is InChI=1S/C12H10ClN3O3S2/c1-6-7(3-2-4-8(6)13)10(19)14-11-15-16-12(21-11)20-5-9(17)18/h2-4H,5H2,1H3,(H,17,18)(H,14,15,19). The molecule has 0 fully saturated rings. The number of carboxylic acid groups (broad SMARTS) is 1. The third-order valence-electron chi connectivity index (χ3n) is 2.46. The van der Waals surface area contributed by atoms with Crippen molar-refractivity contribution in [2.24, 2.45) is 0 Å². The molecule has 1 heterocycles. The highest BCUT2D eigenvalue weighted by atomic mass is 35.5. The first kappa shape index (κ1) is 15.7. The highest BCUT2D eigenvalue weighted by Crippen LogP contribution is 2.26. The van der Waals surface area contributed by atoms with Crippen LogP contribution in [0.3, 0.4) is 0 Å². The largest absolute Gasteiger partial charge is 0.481 e. The first-order chi connectivity index (χ1) is 9.97. The molecule has 0 radical (unpaired) electrons. The summed E-state index contributed by atoms with van der Waals surface area (Å²) >= 11 is 8.14. The van der Waals surface area contributed by atoms with E-state index in [2.05, 4.69) is 15.5 Å². The summed E-state index contributed by atoms with van der Waals surface area (Å²) in [5.74, 6) is -1.37. The molecule has 9 heteroatoms. The van der Waals surface area contributed by atoms with E-state index in [0.29, 0.717) is 25.6 Å². The zero-order chi connectivity index (χ0) is 15.4. The molecule has 1 aromatic heterocycles. The van der Waals surface area contributed by atoms with Crippen molar-refractivity contribution >= 4 is 51.7 Å². The summed E-state index contributed by atoms with van der Waals surface area (Å²) in [7, 11) is 0. The van der Waals surface area contributed by atoms with Crippen molar-refractivity contribution in [3.8, 4) is 0 Å². The zero-order valence-corrected chi connectivity index (χ0v) is 13.2. The average molecular weight is 344 g/mol. The van der Waals surface area contributed by atoms with E-state index >= 15 is 0 Å². The third kappa shape index (κ3) is 4.16.